The van der Waals surface area contributed by atoms with E-state index in [9.17, 15) is 10.5 Å². The summed E-state index contributed by atoms with van der Waals surface area (Å²) >= 11 is 0. The molecule has 5 heteroatoms. The van der Waals surface area contributed by atoms with E-state index in [2.05, 4.69) is 98.9 Å². The van der Waals surface area contributed by atoms with E-state index >= 15 is 0 Å². The second-order valence-corrected chi connectivity index (χ2v) is 12.2. The quantitative estimate of drug-likeness (QED) is 0.181. The van der Waals surface area contributed by atoms with E-state index in [1.54, 1.807) is 0 Å². The molecule has 0 unspecified atom stereocenters. The predicted molar refractivity (Wildman–Crippen MR) is 202 cm³/mol. The summed E-state index contributed by atoms with van der Waals surface area (Å²) in [5.74, 6) is 0. The van der Waals surface area contributed by atoms with Gasteiger partial charge in [0.15, 0.2) is 0 Å². The minimum absolute atomic E-state index is 0.518. The first kappa shape index (κ1) is 28.8. The van der Waals surface area contributed by atoms with Crippen LogP contribution in [0.25, 0.3) is 82.1 Å². The molecule has 50 heavy (non-hydrogen) atoms. The van der Waals surface area contributed by atoms with Crippen molar-refractivity contribution >= 4 is 49.3 Å². The molecule has 0 saturated carbocycles. The Kier molecular flexibility index (Phi) is 6.56. The zero-order valence-electron chi connectivity index (χ0n) is 26.7. The Balaban J connectivity index is 1.22. The van der Waals surface area contributed by atoms with Crippen LogP contribution in [0.2, 0.25) is 0 Å². The molecule has 0 bridgehead atoms. The molecule has 0 N–H and O–H groups in total. The number of nitrogens with zero attached hydrogens (tertiary/aromatic N) is 5. The van der Waals surface area contributed by atoms with Crippen LogP contribution in [-0.2, 0) is 0 Å². The normalized spacial score (nSPS) is 11.1. The Hall–Kier alpha value is -7.39. The number of hydrogen-bond donors (Lipinski definition) is 0. The van der Waals surface area contributed by atoms with Crippen molar-refractivity contribution < 1.29 is 0 Å². The molecule has 9 rings (SSSR count). The molecule has 0 spiro atoms. The summed E-state index contributed by atoms with van der Waals surface area (Å²) in [6, 6.07) is 55.5. The van der Waals surface area contributed by atoms with Crippen LogP contribution < -0.4 is 0 Å². The third-order valence-corrected chi connectivity index (χ3v) is 9.64. The second-order valence-electron chi connectivity index (χ2n) is 12.2. The van der Waals surface area contributed by atoms with Crippen molar-refractivity contribution in [2.45, 2.75) is 0 Å². The molecule has 0 amide bonds. The molecule has 2 heterocycles. The Morgan fingerprint density at radius 2 is 1.12 bits per heavy atom. The first-order valence-electron chi connectivity index (χ1n) is 16.3. The minimum Gasteiger partial charge on any atom is -0.318 e. The molecule has 0 radical (unpaired) electrons. The Morgan fingerprint density at radius 1 is 0.500 bits per heavy atom. The number of hydrogen-bond acceptors (Lipinski definition) is 2. The SMILES string of the molecule is [C-]#[N+]c1cccc2c3cc(C#N)ccc3n(-c3ccccc3-c3cccc(-c4ccc(-n5c6ccccc6c6ccccc65)cc4)c3C#N)c12. The van der Waals surface area contributed by atoms with Gasteiger partial charge in [-0.1, -0.05) is 103 Å². The van der Waals surface area contributed by atoms with E-state index in [0.717, 1.165) is 66.5 Å². The molecular weight excluding hydrogens is 611 g/mol. The highest BCUT2D eigenvalue weighted by Gasteiger charge is 2.21. The predicted octanol–water partition coefficient (Wildman–Crippen LogP) is 11.5. The summed E-state index contributed by atoms with van der Waals surface area (Å²) < 4.78 is 4.39. The van der Waals surface area contributed by atoms with E-state index in [-0.39, 0.29) is 0 Å². The van der Waals surface area contributed by atoms with Crippen LogP contribution in [-0.4, -0.2) is 9.13 Å². The van der Waals surface area contributed by atoms with Gasteiger partial charge in [0.25, 0.3) is 0 Å². The molecule has 0 aliphatic heterocycles. The maximum atomic E-state index is 10.7. The largest absolute Gasteiger partial charge is 0.318 e. The third-order valence-electron chi connectivity index (χ3n) is 9.64. The van der Waals surface area contributed by atoms with E-state index in [4.69, 9.17) is 6.57 Å². The minimum atomic E-state index is 0.518. The zero-order valence-corrected chi connectivity index (χ0v) is 26.7. The molecule has 7 aromatic carbocycles. The summed E-state index contributed by atoms with van der Waals surface area (Å²) in [4.78, 5) is 3.88. The van der Waals surface area contributed by atoms with Crippen LogP contribution in [0.15, 0.2) is 152 Å². The fourth-order valence-electron chi connectivity index (χ4n) is 7.49. The summed E-state index contributed by atoms with van der Waals surface area (Å²) in [5, 5.41) is 24.6. The Labute approximate surface area is 288 Å². The maximum Gasteiger partial charge on any atom is 0.211 e. The van der Waals surface area contributed by atoms with Gasteiger partial charge in [0.05, 0.1) is 51.5 Å². The molecule has 0 fully saturated rings. The zero-order chi connectivity index (χ0) is 33.8. The molecule has 9 aromatic rings. The average molecular weight is 636 g/mol. The van der Waals surface area contributed by atoms with Crippen molar-refractivity contribution in [3.05, 3.63) is 174 Å². The topological polar surface area (TPSA) is 61.8 Å². The number of fused-ring (bicyclic) bond motifs is 6. The van der Waals surface area contributed by atoms with Crippen LogP contribution in [0.5, 0.6) is 0 Å². The molecular formula is C45H25N5. The number of nitriles is 2. The maximum absolute atomic E-state index is 10.7. The van der Waals surface area contributed by atoms with Crippen molar-refractivity contribution in [3.63, 3.8) is 0 Å². The van der Waals surface area contributed by atoms with Crippen molar-refractivity contribution in [2.24, 2.45) is 0 Å². The average Bonchev–Trinajstić information content (AvgIpc) is 3.70. The lowest BCUT2D eigenvalue weighted by molar-refractivity contribution is 1.18. The first-order valence-corrected chi connectivity index (χ1v) is 16.3. The summed E-state index contributed by atoms with van der Waals surface area (Å²) in [6.07, 6.45) is 0. The lowest BCUT2D eigenvalue weighted by Gasteiger charge is -2.17. The highest BCUT2D eigenvalue weighted by Crippen LogP contribution is 2.42. The lowest BCUT2D eigenvalue weighted by atomic mass is 9.91. The van der Waals surface area contributed by atoms with Crippen LogP contribution in [0, 0.1) is 29.2 Å². The lowest BCUT2D eigenvalue weighted by Crippen LogP contribution is -1.99. The standard InChI is InChI=1S/C45H25N5/c1-48-40-16-9-15-37-38-26-29(27-46)20-25-44(38)50(45(37)40)43-19-7-2-10-34(43)33-14-8-13-32(39(33)28-47)30-21-23-31(24-22-30)49-41-17-5-3-11-35(41)36-12-4-6-18-42(36)49/h2-26H. The molecule has 0 atom stereocenters. The van der Waals surface area contributed by atoms with E-state index in [1.165, 1.54) is 10.8 Å². The summed E-state index contributed by atoms with van der Waals surface area (Å²) in [6.45, 7) is 8.00. The molecule has 0 aliphatic carbocycles. The van der Waals surface area contributed by atoms with Gasteiger partial charge in [0.2, 0.25) is 5.69 Å². The van der Waals surface area contributed by atoms with Gasteiger partial charge >= 0.3 is 0 Å². The Morgan fingerprint density at radius 3 is 1.84 bits per heavy atom. The fraction of sp³-hybridized carbons (Fsp3) is 0. The van der Waals surface area contributed by atoms with Crippen LogP contribution in [0.3, 0.4) is 0 Å². The van der Waals surface area contributed by atoms with E-state index in [1.807, 2.05) is 78.9 Å². The number of rotatable bonds is 4. The van der Waals surface area contributed by atoms with Crippen molar-refractivity contribution in [1.82, 2.24) is 9.13 Å². The highest BCUT2D eigenvalue weighted by molar-refractivity contribution is 6.14. The summed E-state index contributed by atoms with van der Waals surface area (Å²) in [5.41, 5.74) is 11.0. The van der Waals surface area contributed by atoms with E-state index in [0.29, 0.717) is 16.8 Å². The number of para-hydroxylation sites is 4. The molecule has 5 nitrogen and oxygen atoms in total. The van der Waals surface area contributed by atoms with Gasteiger partial charge in [-0.3, -0.25) is 0 Å². The highest BCUT2D eigenvalue weighted by atomic mass is 15.0. The van der Waals surface area contributed by atoms with E-state index < -0.39 is 0 Å². The smallest absolute Gasteiger partial charge is 0.211 e. The molecule has 2 aromatic heterocycles. The second kappa shape index (κ2) is 11.4. The van der Waals surface area contributed by atoms with Crippen molar-refractivity contribution in [2.75, 3.05) is 0 Å². The van der Waals surface area contributed by atoms with Crippen LogP contribution in [0.4, 0.5) is 5.69 Å². The van der Waals surface area contributed by atoms with Crippen LogP contribution in [0.1, 0.15) is 11.1 Å². The molecule has 0 saturated heterocycles. The number of benzene rings is 7. The van der Waals surface area contributed by atoms with Crippen molar-refractivity contribution in [1.29, 1.82) is 10.5 Å². The summed E-state index contributed by atoms with van der Waals surface area (Å²) in [7, 11) is 0. The van der Waals surface area contributed by atoms with Gasteiger partial charge in [-0.25, -0.2) is 4.85 Å². The molecule has 230 valence electrons. The van der Waals surface area contributed by atoms with Gasteiger partial charge < -0.3 is 9.13 Å². The number of aromatic nitrogens is 2. The van der Waals surface area contributed by atoms with Crippen LogP contribution >= 0.6 is 0 Å². The van der Waals surface area contributed by atoms with Gasteiger partial charge in [-0.2, -0.15) is 10.5 Å². The van der Waals surface area contributed by atoms with Crippen molar-refractivity contribution in [3.8, 4) is 45.8 Å². The third kappa shape index (κ3) is 4.24. The Bertz CT molecular complexity index is 2900. The fourth-order valence-corrected chi connectivity index (χ4v) is 7.49. The van der Waals surface area contributed by atoms with Gasteiger partial charge in [-0.05, 0) is 59.5 Å². The van der Waals surface area contributed by atoms with Gasteiger partial charge in [0, 0.05) is 38.5 Å². The van der Waals surface area contributed by atoms with Gasteiger partial charge in [-0.15, -0.1) is 0 Å². The monoisotopic (exact) mass is 635 g/mol. The first-order chi connectivity index (χ1) is 24.7. The molecule has 0 aliphatic rings. The van der Waals surface area contributed by atoms with Gasteiger partial charge in [0.1, 0.15) is 6.07 Å².